The molecule has 3 rings (SSSR count). The number of rotatable bonds is 8. The van der Waals surface area contributed by atoms with Crippen molar-refractivity contribution in [2.45, 2.75) is 44.7 Å². The van der Waals surface area contributed by atoms with Crippen molar-refractivity contribution in [3.8, 4) is 0 Å². The van der Waals surface area contributed by atoms with E-state index in [4.69, 9.17) is 4.42 Å². The van der Waals surface area contributed by atoms with E-state index < -0.39 is 4.92 Å². The van der Waals surface area contributed by atoms with Gasteiger partial charge < -0.3 is 15.1 Å². The van der Waals surface area contributed by atoms with Gasteiger partial charge in [-0.15, -0.1) is 0 Å². The Hall–Kier alpha value is -2.83. The molecule has 7 heteroatoms. The number of aryl methyl sites for hydroxylation is 1. The van der Waals surface area contributed by atoms with Crippen LogP contribution in [0.2, 0.25) is 0 Å². The number of hydrogen-bond acceptors (Lipinski definition) is 5. The average molecular weight is 343 g/mol. The summed E-state index contributed by atoms with van der Waals surface area (Å²) < 4.78 is 5.29. The van der Waals surface area contributed by atoms with Crippen LogP contribution in [0.1, 0.15) is 42.3 Å². The number of benzene rings is 1. The summed E-state index contributed by atoms with van der Waals surface area (Å²) in [7, 11) is 0. The number of anilines is 1. The number of nitro benzene ring substituents is 1. The fourth-order valence-electron chi connectivity index (χ4n) is 2.59. The number of hydrogen-bond donors (Lipinski definition) is 2. The van der Waals surface area contributed by atoms with Crippen molar-refractivity contribution in [2.75, 3.05) is 5.32 Å². The molecule has 1 aromatic heterocycles. The molecule has 0 spiro atoms. The standard InChI is InChI=1S/C18H21N3O4/c1-12(4-8-15-3-2-10-25-15)19-16-9-5-13(11-17(16)21(23)24)18(22)20-14-6-7-14/h2-3,5,9-12,14,19H,4,6-8H2,1H3,(H,20,22). The largest absolute Gasteiger partial charge is 0.469 e. The summed E-state index contributed by atoms with van der Waals surface area (Å²) in [6, 6.07) is 8.53. The highest BCUT2D eigenvalue weighted by Crippen LogP contribution is 2.27. The van der Waals surface area contributed by atoms with E-state index in [1.807, 2.05) is 19.1 Å². The molecule has 1 aliphatic rings. The van der Waals surface area contributed by atoms with Crippen molar-refractivity contribution in [1.29, 1.82) is 0 Å². The molecule has 1 unspecified atom stereocenters. The van der Waals surface area contributed by atoms with Gasteiger partial charge in [0, 0.05) is 30.1 Å². The molecule has 1 heterocycles. The first-order valence-corrected chi connectivity index (χ1v) is 8.41. The zero-order valence-corrected chi connectivity index (χ0v) is 14.0. The van der Waals surface area contributed by atoms with Crippen LogP contribution in [-0.4, -0.2) is 22.9 Å². The van der Waals surface area contributed by atoms with Crippen LogP contribution in [0.15, 0.2) is 41.0 Å². The molecule has 0 aliphatic heterocycles. The first-order valence-electron chi connectivity index (χ1n) is 8.41. The third-order valence-corrected chi connectivity index (χ3v) is 4.17. The Bertz CT molecular complexity index is 754. The van der Waals surface area contributed by atoms with Crippen molar-refractivity contribution in [3.63, 3.8) is 0 Å². The van der Waals surface area contributed by atoms with Crippen LogP contribution in [0.25, 0.3) is 0 Å². The van der Waals surface area contributed by atoms with Gasteiger partial charge in [0.05, 0.1) is 11.2 Å². The minimum Gasteiger partial charge on any atom is -0.469 e. The molecule has 0 bridgehead atoms. The highest BCUT2D eigenvalue weighted by atomic mass is 16.6. The maximum Gasteiger partial charge on any atom is 0.293 e. The van der Waals surface area contributed by atoms with Gasteiger partial charge in [-0.3, -0.25) is 14.9 Å². The monoisotopic (exact) mass is 343 g/mol. The lowest BCUT2D eigenvalue weighted by Gasteiger charge is -2.15. The lowest BCUT2D eigenvalue weighted by molar-refractivity contribution is -0.384. The Morgan fingerprint density at radius 3 is 2.84 bits per heavy atom. The molecule has 1 amide bonds. The summed E-state index contributed by atoms with van der Waals surface area (Å²) >= 11 is 0. The molecule has 25 heavy (non-hydrogen) atoms. The second-order valence-electron chi connectivity index (χ2n) is 6.40. The van der Waals surface area contributed by atoms with Crippen LogP contribution in [0, 0.1) is 10.1 Å². The molecule has 1 aliphatic carbocycles. The van der Waals surface area contributed by atoms with Crippen molar-refractivity contribution in [2.24, 2.45) is 0 Å². The first kappa shape index (κ1) is 17.0. The van der Waals surface area contributed by atoms with Crippen LogP contribution in [0.5, 0.6) is 0 Å². The molecule has 2 N–H and O–H groups in total. The maximum atomic E-state index is 12.1. The van der Waals surface area contributed by atoms with E-state index in [9.17, 15) is 14.9 Å². The minimum absolute atomic E-state index is 0.0231. The molecule has 2 aromatic rings. The van der Waals surface area contributed by atoms with Crippen LogP contribution in [0.4, 0.5) is 11.4 Å². The lowest BCUT2D eigenvalue weighted by atomic mass is 10.1. The molecule has 7 nitrogen and oxygen atoms in total. The fraction of sp³-hybridized carbons (Fsp3) is 0.389. The number of nitro groups is 1. The van der Waals surface area contributed by atoms with Gasteiger partial charge in [0.15, 0.2) is 0 Å². The molecule has 1 atom stereocenters. The van der Waals surface area contributed by atoms with Crippen LogP contribution in [0.3, 0.4) is 0 Å². The second-order valence-corrected chi connectivity index (χ2v) is 6.40. The normalized spacial score (nSPS) is 14.8. The first-order chi connectivity index (χ1) is 12.0. The van der Waals surface area contributed by atoms with Crippen LogP contribution < -0.4 is 10.6 Å². The van der Waals surface area contributed by atoms with Gasteiger partial charge in [0.25, 0.3) is 11.6 Å². The third kappa shape index (κ3) is 4.59. The minimum atomic E-state index is -0.463. The van der Waals surface area contributed by atoms with Crippen molar-refractivity contribution in [3.05, 3.63) is 58.0 Å². The van der Waals surface area contributed by atoms with E-state index in [-0.39, 0.29) is 23.7 Å². The summed E-state index contributed by atoms with van der Waals surface area (Å²) in [5.41, 5.74) is 0.639. The van der Waals surface area contributed by atoms with Crippen molar-refractivity contribution < 1.29 is 14.1 Å². The predicted octanol–water partition coefficient (Wildman–Crippen LogP) is 3.51. The predicted molar refractivity (Wildman–Crippen MR) is 93.7 cm³/mol. The van der Waals surface area contributed by atoms with E-state index >= 15 is 0 Å². The number of amides is 1. The number of furan rings is 1. The van der Waals surface area contributed by atoms with Gasteiger partial charge in [-0.2, -0.15) is 0 Å². The molecule has 0 saturated heterocycles. The summed E-state index contributed by atoms with van der Waals surface area (Å²) in [6.07, 6.45) is 5.09. The number of carbonyl (C=O) groups is 1. The molecule has 1 saturated carbocycles. The van der Waals surface area contributed by atoms with Gasteiger partial charge >= 0.3 is 0 Å². The Morgan fingerprint density at radius 2 is 2.20 bits per heavy atom. The molecule has 0 radical (unpaired) electrons. The van der Waals surface area contributed by atoms with E-state index in [0.29, 0.717) is 11.3 Å². The Morgan fingerprint density at radius 1 is 1.40 bits per heavy atom. The molecule has 1 fully saturated rings. The average Bonchev–Trinajstić information content (AvgIpc) is 3.24. The molecule has 1 aromatic carbocycles. The van der Waals surface area contributed by atoms with Gasteiger partial charge in [0.2, 0.25) is 0 Å². The summed E-state index contributed by atoms with van der Waals surface area (Å²) in [6.45, 7) is 1.96. The van der Waals surface area contributed by atoms with Crippen molar-refractivity contribution in [1.82, 2.24) is 5.32 Å². The number of nitrogens with one attached hydrogen (secondary N) is 2. The zero-order chi connectivity index (χ0) is 17.8. The van der Waals surface area contributed by atoms with Gasteiger partial charge in [0.1, 0.15) is 11.4 Å². The SMILES string of the molecule is CC(CCc1ccco1)Nc1ccc(C(=O)NC2CC2)cc1[N+](=O)[O-]. The fourth-order valence-corrected chi connectivity index (χ4v) is 2.59. The summed E-state index contributed by atoms with van der Waals surface area (Å²) in [5, 5.41) is 17.4. The lowest BCUT2D eigenvalue weighted by Crippen LogP contribution is -2.25. The number of carbonyl (C=O) groups excluding carboxylic acids is 1. The zero-order valence-electron chi connectivity index (χ0n) is 14.0. The van der Waals surface area contributed by atoms with Crippen LogP contribution >= 0.6 is 0 Å². The second kappa shape index (κ2) is 7.38. The van der Waals surface area contributed by atoms with Gasteiger partial charge in [-0.05, 0) is 50.5 Å². The van der Waals surface area contributed by atoms with E-state index in [1.54, 1.807) is 18.4 Å². The molecular formula is C18H21N3O4. The highest BCUT2D eigenvalue weighted by molar-refractivity contribution is 5.96. The molecule has 132 valence electrons. The van der Waals surface area contributed by atoms with Gasteiger partial charge in [-0.1, -0.05) is 0 Å². The molecular weight excluding hydrogens is 322 g/mol. The van der Waals surface area contributed by atoms with E-state index in [0.717, 1.165) is 31.4 Å². The van der Waals surface area contributed by atoms with Crippen molar-refractivity contribution >= 4 is 17.3 Å². The Balaban J connectivity index is 1.66. The Kier molecular flexibility index (Phi) is 5.02. The smallest absolute Gasteiger partial charge is 0.293 e. The summed E-state index contributed by atoms with van der Waals surface area (Å²) in [4.78, 5) is 23.0. The topological polar surface area (TPSA) is 97.4 Å². The Labute approximate surface area is 145 Å². The quantitative estimate of drug-likeness (QED) is 0.564. The summed E-state index contributed by atoms with van der Waals surface area (Å²) in [5.74, 6) is 0.623. The number of nitrogens with zero attached hydrogens (tertiary/aromatic N) is 1. The van der Waals surface area contributed by atoms with E-state index in [2.05, 4.69) is 10.6 Å². The third-order valence-electron chi connectivity index (χ3n) is 4.17. The van der Waals surface area contributed by atoms with E-state index in [1.165, 1.54) is 6.07 Å². The highest BCUT2D eigenvalue weighted by Gasteiger charge is 2.25. The van der Waals surface area contributed by atoms with Crippen LogP contribution in [-0.2, 0) is 6.42 Å². The van der Waals surface area contributed by atoms with Gasteiger partial charge in [-0.25, -0.2) is 0 Å². The maximum absolute atomic E-state index is 12.1.